The maximum absolute atomic E-state index is 13.8. The van der Waals surface area contributed by atoms with E-state index in [1.807, 2.05) is 54.6 Å². The van der Waals surface area contributed by atoms with Crippen molar-refractivity contribution < 1.29 is 14.3 Å². The SMILES string of the molecule is C=C/C=C\C1=C(C)N(Cc2ccccc2)CCN(CC(=O)[C@H](CC(C)C)NC(=O)c2ccccc2OCc2ccccc2)C1. The summed E-state index contributed by atoms with van der Waals surface area (Å²) in [5, 5.41) is 3.06. The van der Waals surface area contributed by atoms with E-state index in [4.69, 9.17) is 4.74 Å². The summed E-state index contributed by atoms with van der Waals surface area (Å²) in [4.78, 5) is 32.0. The normalized spacial score (nSPS) is 14.9. The molecule has 6 heteroatoms. The summed E-state index contributed by atoms with van der Waals surface area (Å²) in [6, 6.07) is 26.9. The van der Waals surface area contributed by atoms with Crippen LogP contribution >= 0.6 is 0 Å². The van der Waals surface area contributed by atoms with Gasteiger partial charge in [0.25, 0.3) is 5.91 Å². The van der Waals surface area contributed by atoms with Crippen LogP contribution in [0.25, 0.3) is 0 Å². The van der Waals surface area contributed by atoms with Crippen LogP contribution in [0, 0.1) is 5.92 Å². The van der Waals surface area contributed by atoms with Crippen LogP contribution in [-0.4, -0.2) is 53.7 Å². The summed E-state index contributed by atoms with van der Waals surface area (Å²) in [6.07, 6.45) is 6.37. The Kier molecular flexibility index (Phi) is 12.1. The van der Waals surface area contributed by atoms with E-state index in [1.165, 1.54) is 11.3 Å². The number of carbonyl (C=O) groups excluding carboxylic acids is 2. The number of rotatable bonds is 14. The van der Waals surface area contributed by atoms with Crippen LogP contribution in [0.15, 0.2) is 121 Å². The lowest BCUT2D eigenvalue weighted by Gasteiger charge is -2.26. The molecule has 1 amide bonds. The van der Waals surface area contributed by atoms with Gasteiger partial charge < -0.3 is 15.0 Å². The van der Waals surface area contributed by atoms with Crippen molar-refractivity contribution >= 4 is 11.7 Å². The largest absolute Gasteiger partial charge is 0.488 e. The summed E-state index contributed by atoms with van der Waals surface area (Å²) >= 11 is 0. The summed E-state index contributed by atoms with van der Waals surface area (Å²) in [7, 11) is 0. The highest BCUT2D eigenvalue weighted by Gasteiger charge is 2.27. The highest BCUT2D eigenvalue weighted by Crippen LogP contribution is 2.22. The molecule has 0 saturated carbocycles. The van der Waals surface area contributed by atoms with Crippen molar-refractivity contribution in [3.63, 3.8) is 0 Å². The predicted molar refractivity (Wildman–Crippen MR) is 178 cm³/mol. The number of carbonyl (C=O) groups is 2. The molecule has 1 aliphatic rings. The molecule has 0 unspecified atom stereocenters. The lowest BCUT2D eigenvalue weighted by Crippen LogP contribution is -2.47. The van der Waals surface area contributed by atoms with Crippen molar-refractivity contribution in [1.82, 2.24) is 15.1 Å². The quantitative estimate of drug-likeness (QED) is 0.209. The number of allylic oxidation sites excluding steroid dienone is 3. The molecular weight excluding hydrogens is 546 g/mol. The second-order valence-electron chi connectivity index (χ2n) is 11.7. The fourth-order valence-corrected chi connectivity index (χ4v) is 5.39. The van der Waals surface area contributed by atoms with Gasteiger partial charge in [0.1, 0.15) is 12.4 Å². The van der Waals surface area contributed by atoms with Crippen molar-refractivity contribution in [2.75, 3.05) is 26.2 Å². The number of nitrogens with zero attached hydrogens (tertiary/aromatic N) is 2. The number of ether oxygens (including phenoxy) is 1. The zero-order chi connectivity index (χ0) is 31.3. The maximum Gasteiger partial charge on any atom is 0.255 e. The molecule has 0 saturated heterocycles. The first kappa shape index (κ1) is 32.5. The summed E-state index contributed by atoms with van der Waals surface area (Å²) in [5.41, 5.74) is 5.03. The monoisotopic (exact) mass is 591 g/mol. The lowest BCUT2D eigenvalue weighted by atomic mass is 9.99. The van der Waals surface area contributed by atoms with Gasteiger partial charge in [-0.1, -0.05) is 111 Å². The Balaban J connectivity index is 1.46. The first-order chi connectivity index (χ1) is 21.3. The first-order valence-corrected chi connectivity index (χ1v) is 15.4. The number of ketones is 1. The molecule has 0 aliphatic carbocycles. The van der Waals surface area contributed by atoms with Gasteiger partial charge in [0, 0.05) is 31.9 Å². The van der Waals surface area contributed by atoms with E-state index in [1.54, 1.807) is 18.2 Å². The van der Waals surface area contributed by atoms with Crippen LogP contribution in [0.1, 0.15) is 48.7 Å². The number of para-hydroxylation sites is 1. The maximum atomic E-state index is 13.8. The van der Waals surface area contributed by atoms with Crippen molar-refractivity contribution in [3.05, 3.63) is 138 Å². The average Bonchev–Trinajstić information content (AvgIpc) is 3.17. The molecule has 0 spiro atoms. The Labute approximate surface area is 262 Å². The average molecular weight is 592 g/mol. The second-order valence-corrected chi connectivity index (χ2v) is 11.7. The van der Waals surface area contributed by atoms with Gasteiger partial charge in [-0.15, -0.1) is 0 Å². The van der Waals surface area contributed by atoms with Crippen LogP contribution in [0.3, 0.4) is 0 Å². The smallest absolute Gasteiger partial charge is 0.255 e. The molecule has 1 heterocycles. The molecule has 3 aromatic carbocycles. The third-order valence-corrected chi connectivity index (χ3v) is 7.82. The second kappa shape index (κ2) is 16.4. The van der Waals surface area contributed by atoms with E-state index >= 15 is 0 Å². The molecule has 1 aliphatic heterocycles. The Bertz CT molecular complexity index is 1450. The Hall–Kier alpha value is -4.42. The van der Waals surface area contributed by atoms with Gasteiger partial charge in [0.2, 0.25) is 0 Å². The van der Waals surface area contributed by atoms with Crippen molar-refractivity contribution in [2.24, 2.45) is 5.92 Å². The van der Waals surface area contributed by atoms with Crippen LogP contribution in [0.5, 0.6) is 5.75 Å². The number of amides is 1. The molecule has 3 aromatic rings. The molecule has 0 aromatic heterocycles. The minimum Gasteiger partial charge on any atom is -0.488 e. The molecule has 6 nitrogen and oxygen atoms in total. The lowest BCUT2D eigenvalue weighted by molar-refractivity contribution is -0.122. The van der Waals surface area contributed by atoms with Crippen molar-refractivity contribution in [1.29, 1.82) is 0 Å². The van der Waals surface area contributed by atoms with Crippen LogP contribution in [-0.2, 0) is 17.9 Å². The summed E-state index contributed by atoms with van der Waals surface area (Å²) in [6.45, 7) is 13.7. The van der Waals surface area contributed by atoms with E-state index in [0.29, 0.717) is 30.9 Å². The Morgan fingerprint density at radius 3 is 2.27 bits per heavy atom. The molecule has 0 radical (unpaired) electrons. The predicted octanol–water partition coefficient (Wildman–Crippen LogP) is 6.81. The molecule has 1 N–H and O–H groups in total. The topological polar surface area (TPSA) is 61.9 Å². The number of Topliss-reactive ketones (excluding diaryl/α,β-unsaturated/α-hetero) is 1. The van der Waals surface area contributed by atoms with Gasteiger partial charge in [-0.25, -0.2) is 0 Å². The fraction of sp³-hybridized carbons (Fsp3) is 0.316. The van der Waals surface area contributed by atoms with E-state index in [2.05, 4.69) is 72.8 Å². The molecule has 44 heavy (non-hydrogen) atoms. The van der Waals surface area contributed by atoms with E-state index in [-0.39, 0.29) is 24.2 Å². The van der Waals surface area contributed by atoms with E-state index in [0.717, 1.165) is 30.8 Å². The van der Waals surface area contributed by atoms with Gasteiger partial charge in [-0.2, -0.15) is 0 Å². The van der Waals surface area contributed by atoms with Gasteiger partial charge in [0.15, 0.2) is 5.78 Å². The van der Waals surface area contributed by atoms with Crippen LogP contribution in [0.4, 0.5) is 0 Å². The zero-order valence-corrected chi connectivity index (χ0v) is 26.2. The van der Waals surface area contributed by atoms with E-state index < -0.39 is 6.04 Å². The van der Waals surface area contributed by atoms with Crippen LogP contribution < -0.4 is 10.1 Å². The molecular formula is C38H45N3O3. The zero-order valence-electron chi connectivity index (χ0n) is 26.2. The molecule has 0 fully saturated rings. The number of nitrogens with one attached hydrogen (secondary N) is 1. The molecule has 230 valence electrons. The highest BCUT2D eigenvalue weighted by atomic mass is 16.5. The minimum atomic E-state index is -0.606. The van der Waals surface area contributed by atoms with Gasteiger partial charge in [-0.3, -0.25) is 14.5 Å². The standard InChI is InChI=1S/C38H45N3O3/c1-5-6-19-33-26-40(22-23-41(30(33)4)25-31-15-9-7-10-16-31)27-36(42)35(24-29(2)3)39-38(43)34-20-13-14-21-37(34)44-28-32-17-11-8-12-18-32/h5-21,29,35H,1,22-28H2,2-4H3,(H,39,43)/b19-6-/t35-/m0/s1. The minimum absolute atomic E-state index is 0.0101. The van der Waals surface area contributed by atoms with Gasteiger partial charge in [0.05, 0.1) is 18.2 Å². The van der Waals surface area contributed by atoms with Gasteiger partial charge >= 0.3 is 0 Å². The Morgan fingerprint density at radius 2 is 1.59 bits per heavy atom. The van der Waals surface area contributed by atoms with Crippen LogP contribution in [0.2, 0.25) is 0 Å². The molecule has 4 rings (SSSR count). The summed E-state index contributed by atoms with van der Waals surface area (Å²) in [5.74, 6) is 0.432. The number of hydrogen-bond acceptors (Lipinski definition) is 5. The first-order valence-electron chi connectivity index (χ1n) is 15.4. The summed E-state index contributed by atoms with van der Waals surface area (Å²) < 4.78 is 6.03. The number of hydrogen-bond donors (Lipinski definition) is 1. The number of benzene rings is 3. The molecule has 0 bridgehead atoms. The molecule has 1 atom stereocenters. The third kappa shape index (κ3) is 9.55. The van der Waals surface area contributed by atoms with Gasteiger partial charge in [-0.05, 0) is 48.1 Å². The highest BCUT2D eigenvalue weighted by molar-refractivity contribution is 6.00. The van der Waals surface area contributed by atoms with E-state index in [9.17, 15) is 9.59 Å². The fourth-order valence-electron chi connectivity index (χ4n) is 5.39. The van der Waals surface area contributed by atoms with Crippen molar-refractivity contribution in [2.45, 2.75) is 46.4 Å². The Morgan fingerprint density at radius 1 is 0.932 bits per heavy atom. The van der Waals surface area contributed by atoms with Crippen molar-refractivity contribution in [3.8, 4) is 5.75 Å². The third-order valence-electron chi connectivity index (χ3n) is 7.82.